The van der Waals surface area contributed by atoms with Crippen LogP contribution in [0.1, 0.15) is 12.8 Å². The number of nitrogens with one attached hydrogen (secondary N) is 2. The minimum atomic E-state index is -0.500. The first-order chi connectivity index (χ1) is 11.6. The van der Waals surface area contributed by atoms with E-state index in [4.69, 9.17) is 0 Å². The number of rotatable bonds is 0. The van der Waals surface area contributed by atoms with Crippen LogP contribution in [-0.2, 0) is 35.8 Å². The Labute approximate surface area is 189 Å². The first-order valence-electron chi connectivity index (χ1n) is 7.80. The second kappa shape index (κ2) is 11.8. The molecular weight excluding hydrogens is 470 g/mol. The number of quaternary nitrogens is 2. The summed E-state index contributed by atoms with van der Waals surface area (Å²) in [4.78, 5) is 22.5. The zero-order valence-electron chi connectivity index (χ0n) is 14.2. The summed E-state index contributed by atoms with van der Waals surface area (Å²) in [6, 6.07) is -1.00. The van der Waals surface area contributed by atoms with Gasteiger partial charge in [-0.25, -0.2) is 0 Å². The van der Waals surface area contributed by atoms with Crippen molar-refractivity contribution in [1.29, 1.82) is 0 Å². The van der Waals surface area contributed by atoms with Gasteiger partial charge in [-0.15, -0.1) is 0 Å². The summed E-state index contributed by atoms with van der Waals surface area (Å²) in [6.07, 6.45) is 18.1. The van der Waals surface area contributed by atoms with Crippen LogP contribution in [0.2, 0.25) is 0 Å². The van der Waals surface area contributed by atoms with Gasteiger partial charge < -0.3 is 45.4 Å². The van der Waals surface area contributed by atoms with E-state index in [0.29, 0.717) is 0 Å². The third kappa shape index (κ3) is 6.03. The molecule has 0 aromatic carbocycles. The molecule has 2 aliphatic heterocycles. The number of hydrogen-bond donors (Lipinski definition) is 2. The Morgan fingerprint density at radius 3 is 1.48 bits per heavy atom. The van der Waals surface area contributed by atoms with Crippen molar-refractivity contribution in [1.82, 2.24) is 0 Å². The maximum atomic E-state index is 11.3. The molecule has 0 saturated heterocycles. The van der Waals surface area contributed by atoms with Crippen LogP contribution in [0.25, 0.3) is 0 Å². The van der Waals surface area contributed by atoms with Crippen molar-refractivity contribution in [2.75, 3.05) is 0 Å². The molecule has 0 saturated carbocycles. The molecule has 0 spiro atoms. The molecule has 0 radical (unpaired) electrons. The van der Waals surface area contributed by atoms with Crippen LogP contribution in [-0.4, -0.2) is 23.7 Å². The molecule has 27 heavy (non-hydrogen) atoms. The minimum absolute atomic E-state index is 0. The van der Waals surface area contributed by atoms with Gasteiger partial charge >= 0.3 is 26.2 Å². The molecule has 4 aliphatic rings. The Balaban J connectivity index is 0.000000451. The molecule has 2 N–H and O–H groups in total. The van der Waals surface area contributed by atoms with E-state index >= 15 is 0 Å². The van der Waals surface area contributed by atoms with Gasteiger partial charge in [0.1, 0.15) is 0 Å². The van der Waals surface area contributed by atoms with Gasteiger partial charge in [-0.05, 0) is 48.3 Å². The fourth-order valence-corrected chi connectivity index (χ4v) is 3.12. The molecule has 0 aromatic rings. The maximum absolute atomic E-state index is 11.3. The molecule has 4 rings (SSSR count). The van der Waals surface area contributed by atoms with Crippen LogP contribution in [0.15, 0.2) is 72.2 Å². The molecule has 6 nitrogen and oxygen atoms in total. The molecule has 9 heteroatoms. The molecule has 0 fully saturated rings. The molecule has 142 valence electrons. The molecule has 4 atom stereocenters. The predicted molar refractivity (Wildman–Crippen MR) is 88.2 cm³/mol. The molecule has 2 heterocycles. The fraction of sp³-hybridized carbons (Fsp3) is 0.222. The Kier molecular flexibility index (Phi) is 11.4. The summed E-state index contributed by atoms with van der Waals surface area (Å²) in [5.74, 6) is -0.163. The van der Waals surface area contributed by atoms with Gasteiger partial charge in [-0.2, -0.15) is 0 Å². The number of fused-ring (bicyclic) bond motifs is 2. The van der Waals surface area contributed by atoms with Crippen molar-refractivity contribution >= 4 is 11.6 Å². The van der Waals surface area contributed by atoms with Gasteiger partial charge in [-0.1, -0.05) is 24.3 Å². The topological polar surface area (TPSA) is 89.1 Å². The summed E-state index contributed by atoms with van der Waals surface area (Å²) in [5.41, 5.74) is 1.85. The number of allylic oxidation sites excluding steroid dienone is 6. The third-order valence-corrected chi connectivity index (χ3v) is 4.29. The van der Waals surface area contributed by atoms with Crippen LogP contribution in [0.3, 0.4) is 0 Å². The zero-order valence-corrected chi connectivity index (χ0v) is 18.2. The molecule has 0 amide bonds. The standard InChI is InChI=1S/2C9H9NO2.2ClH.Zr/c2*11-8-5-1-3-7-4-2-6-10(12)9(7)8;;;/h2*1-2,4-6,9-10H,3H2;2*1H;/q;;;;+2/p-2. The van der Waals surface area contributed by atoms with Gasteiger partial charge in [0.05, 0.1) is 12.4 Å². The Hall–Kier alpha value is -0.917. The van der Waals surface area contributed by atoms with E-state index in [2.05, 4.69) is 0 Å². The normalized spacial score (nSPS) is 29.4. The van der Waals surface area contributed by atoms with E-state index in [0.717, 1.165) is 24.0 Å². The van der Waals surface area contributed by atoms with Crippen molar-refractivity contribution in [3.05, 3.63) is 82.6 Å². The Morgan fingerprint density at radius 1 is 0.778 bits per heavy atom. The average Bonchev–Trinajstić information content (AvgIpc) is 2.56. The van der Waals surface area contributed by atoms with Crippen LogP contribution < -0.4 is 34.9 Å². The SMILES string of the molecule is O=C1C=CCC2=CC=C[NH+]([O-])C12.O=C1C=CCC2=CC=C[NH+]([O-])C12.[Cl-].[Cl-].[Zr+2]. The first-order valence-corrected chi connectivity index (χ1v) is 7.80. The van der Waals surface area contributed by atoms with E-state index in [-0.39, 0.29) is 72.7 Å². The Morgan fingerprint density at radius 2 is 1.15 bits per heavy atom. The quantitative estimate of drug-likeness (QED) is 0.332. The van der Waals surface area contributed by atoms with E-state index in [9.17, 15) is 20.0 Å². The summed E-state index contributed by atoms with van der Waals surface area (Å²) in [7, 11) is 0. The van der Waals surface area contributed by atoms with Crippen LogP contribution >= 0.6 is 0 Å². The minimum Gasteiger partial charge on any atom is -1.00 e. The summed E-state index contributed by atoms with van der Waals surface area (Å²) in [6.45, 7) is 0. The largest absolute Gasteiger partial charge is 2.00 e. The van der Waals surface area contributed by atoms with Crippen LogP contribution in [0.4, 0.5) is 0 Å². The van der Waals surface area contributed by atoms with Crippen molar-refractivity contribution in [3.8, 4) is 0 Å². The molecule has 0 aromatic heterocycles. The predicted octanol–water partition coefficient (Wildman–Crippen LogP) is -6.55. The summed E-state index contributed by atoms with van der Waals surface area (Å²) in [5, 5.41) is 22.3. The van der Waals surface area contributed by atoms with E-state index in [1.165, 1.54) is 24.6 Å². The Bertz CT molecular complexity index is 682. The molecule has 4 unspecified atom stereocenters. The van der Waals surface area contributed by atoms with Crippen molar-refractivity contribution in [2.24, 2.45) is 0 Å². The second-order valence-electron chi connectivity index (χ2n) is 5.89. The van der Waals surface area contributed by atoms with Crippen molar-refractivity contribution in [2.45, 2.75) is 24.9 Å². The van der Waals surface area contributed by atoms with Gasteiger partial charge in [0, 0.05) is 0 Å². The van der Waals surface area contributed by atoms with Gasteiger partial charge in [-0.3, -0.25) is 9.59 Å². The van der Waals surface area contributed by atoms with Crippen molar-refractivity contribution in [3.63, 3.8) is 0 Å². The number of carbonyl (C=O) groups excluding carboxylic acids is 2. The summed E-state index contributed by atoms with van der Waals surface area (Å²) < 4.78 is 0. The van der Waals surface area contributed by atoms with Gasteiger partial charge in [0.25, 0.3) is 0 Å². The molecule has 2 aliphatic carbocycles. The maximum Gasteiger partial charge on any atom is 2.00 e. The van der Waals surface area contributed by atoms with Gasteiger partial charge in [0.15, 0.2) is 12.1 Å². The van der Waals surface area contributed by atoms with E-state index in [1.54, 1.807) is 24.3 Å². The first kappa shape index (κ1) is 26.1. The smallest absolute Gasteiger partial charge is 1.00 e. The van der Waals surface area contributed by atoms with Crippen molar-refractivity contribution < 1.29 is 70.7 Å². The number of hydrogen-bond acceptors (Lipinski definition) is 4. The van der Waals surface area contributed by atoms with E-state index < -0.39 is 12.1 Å². The number of ketones is 2. The van der Waals surface area contributed by atoms with Gasteiger partial charge in [0.2, 0.25) is 11.6 Å². The number of halogens is 2. The molecular formula is C18H18Cl2N2O4Zr. The molecule has 0 bridgehead atoms. The second-order valence-corrected chi connectivity index (χ2v) is 5.89. The van der Waals surface area contributed by atoms with Crippen LogP contribution in [0.5, 0.6) is 0 Å². The number of carbonyl (C=O) groups is 2. The average molecular weight is 488 g/mol. The fourth-order valence-electron chi connectivity index (χ4n) is 3.12. The number of hydroxylamine groups is 4. The van der Waals surface area contributed by atoms with Crippen LogP contribution in [0, 0.1) is 10.4 Å². The third-order valence-electron chi connectivity index (χ3n) is 4.29. The van der Waals surface area contributed by atoms with E-state index in [1.807, 2.05) is 12.2 Å². The monoisotopic (exact) mass is 486 g/mol. The summed E-state index contributed by atoms with van der Waals surface area (Å²) >= 11 is 0. The zero-order chi connectivity index (χ0) is 17.1.